The third kappa shape index (κ3) is 1.82. The monoisotopic (exact) mass is 202 g/mol. The Kier molecular flexibility index (Phi) is 2.86. The Morgan fingerprint density at radius 1 is 1.13 bits per heavy atom. The van der Waals surface area contributed by atoms with Gasteiger partial charge in [-0.2, -0.15) is 0 Å². The van der Waals surface area contributed by atoms with Crippen molar-refractivity contribution in [2.75, 3.05) is 0 Å². The first kappa shape index (κ1) is 10.7. The van der Waals surface area contributed by atoms with Gasteiger partial charge in [-0.1, -0.05) is 32.4 Å². The molecule has 0 amide bonds. The van der Waals surface area contributed by atoms with Crippen molar-refractivity contribution in [3.8, 4) is 0 Å². The highest BCUT2D eigenvalue weighted by Crippen LogP contribution is 2.41. The van der Waals surface area contributed by atoms with Crippen LogP contribution in [-0.2, 0) is 0 Å². The molecule has 1 aromatic carbocycles. The highest BCUT2D eigenvalue weighted by atomic mass is 14.3. The van der Waals surface area contributed by atoms with Gasteiger partial charge in [-0.05, 0) is 60.8 Å². The Morgan fingerprint density at radius 2 is 1.80 bits per heavy atom. The van der Waals surface area contributed by atoms with Gasteiger partial charge in [0.25, 0.3) is 0 Å². The van der Waals surface area contributed by atoms with Crippen molar-refractivity contribution in [2.45, 2.75) is 58.8 Å². The molecule has 1 aliphatic carbocycles. The Balaban J connectivity index is 2.48. The SMILES string of the molecule is Cc1ccc(C2CCC2)c(C(C)C)c1C. The molecule has 0 bridgehead atoms. The minimum Gasteiger partial charge on any atom is -0.0588 e. The topological polar surface area (TPSA) is 0 Å². The number of benzene rings is 1. The molecule has 0 unspecified atom stereocenters. The summed E-state index contributed by atoms with van der Waals surface area (Å²) in [6, 6.07) is 4.68. The van der Waals surface area contributed by atoms with E-state index in [4.69, 9.17) is 0 Å². The molecule has 0 heterocycles. The zero-order chi connectivity index (χ0) is 11.0. The molecule has 1 aromatic rings. The first-order valence-electron chi connectivity index (χ1n) is 6.21. The zero-order valence-corrected chi connectivity index (χ0v) is 10.4. The lowest BCUT2D eigenvalue weighted by Crippen LogP contribution is -2.13. The lowest BCUT2D eigenvalue weighted by atomic mass is 9.75. The summed E-state index contributed by atoms with van der Waals surface area (Å²) in [4.78, 5) is 0. The Bertz CT molecular complexity index is 357. The molecule has 1 fully saturated rings. The lowest BCUT2D eigenvalue weighted by molar-refractivity contribution is 0.416. The Labute approximate surface area is 93.7 Å². The fourth-order valence-electron chi connectivity index (χ4n) is 2.70. The van der Waals surface area contributed by atoms with Crippen LogP contribution in [-0.4, -0.2) is 0 Å². The molecule has 0 atom stereocenters. The quantitative estimate of drug-likeness (QED) is 0.652. The van der Waals surface area contributed by atoms with Crippen molar-refractivity contribution in [3.63, 3.8) is 0 Å². The minimum atomic E-state index is 0.667. The van der Waals surface area contributed by atoms with Gasteiger partial charge in [-0.25, -0.2) is 0 Å². The molecular formula is C15H22. The average Bonchev–Trinajstić information content (AvgIpc) is 2.08. The van der Waals surface area contributed by atoms with Gasteiger partial charge in [-0.15, -0.1) is 0 Å². The van der Waals surface area contributed by atoms with Crippen LogP contribution in [0.4, 0.5) is 0 Å². The van der Waals surface area contributed by atoms with Gasteiger partial charge in [0.2, 0.25) is 0 Å². The lowest BCUT2D eigenvalue weighted by Gasteiger charge is -2.30. The Morgan fingerprint density at radius 3 is 2.27 bits per heavy atom. The molecule has 0 N–H and O–H groups in total. The van der Waals surface area contributed by atoms with Crippen LogP contribution in [0.1, 0.15) is 67.2 Å². The van der Waals surface area contributed by atoms with Crippen LogP contribution in [0.25, 0.3) is 0 Å². The molecule has 0 nitrogen and oxygen atoms in total. The second kappa shape index (κ2) is 4.00. The molecule has 82 valence electrons. The summed E-state index contributed by atoms with van der Waals surface area (Å²) in [6.07, 6.45) is 4.24. The van der Waals surface area contributed by atoms with Gasteiger partial charge in [0.1, 0.15) is 0 Å². The van der Waals surface area contributed by atoms with Crippen LogP contribution in [0, 0.1) is 13.8 Å². The molecule has 0 saturated heterocycles. The minimum absolute atomic E-state index is 0.667. The summed E-state index contributed by atoms with van der Waals surface area (Å²) >= 11 is 0. The summed E-state index contributed by atoms with van der Waals surface area (Å²) in [7, 11) is 0. The average molecular weight is 202 g/mol. The van der Waals surface area contributed by atoms with Gasteiger partial charge in [-0.3, -0.25) is 0 Å². The molecule has 0 aromatic heterocycles. The van der Waals surface area contributed by atoms with E-state index in [9.17, 15) is 0 Å². The number of rotatable bonds is 2. The predicted octanol–water partition coefficient (Wildman–Crippen LogP) is 4.69. The molecule has 0 aliphatic heterocycles. The maximum absolute atomic E-state index is 2.38. The summed E-state index contributed by atoms with van der Waals surface area (Å²) in [5.74, 6) is 1.53. The second-order valence-electron chi connectivity index (χ2n) is 5.29. The molecule has 2 rings (SSSR count). The van der Waals surface area contributed by atoms with Gasteiger partial charge in [0.05, 0.1) is 0 Å². The first-order chi connectivity index (χ1) is 7.11. The van der Waals surface area contributed by atoms with Crippen molar-refractivity contribution in [1.29, 1.82) is 0 Å². The first-order valence-corrected chi connectivity index (χ1v) is 6.21. The third-order valence-corrected chi connectivity index (χ3v) is 3.94. The normalized spacial score (nSPS) is 16.9. The van der Waals surface area contributed by atoms with E-state index in [0.29, 0.717) is 5.92 Å². The van der Waals surface area contributed by atoms with Crippen LogP contribution in [0.3, 0.4) is 0 Å². The van der Waals surface area contributed by atoms with E-state index in [1.807, 2.05) is 0 Å². The van der Waals surface area contributed by atoms with E-state index in [0.717, 1.165) is 5.92 Å². The van der Waals surface area contributed by atoms with Crippen molar-refractivity contribution < 1.29 is 0 Å². The van der Waals surface area contributed by atoms with Crippen LogP contribution < -0.4 is 0 Å². The van der Waals surface area contributed by atoms with Gasteiger partial charge < -0.3 is 0 Å². The summed E-state index contributed by atoms with van der Waals surface area (Å²) in [5.41, 5.74) is 6.23. The van der Waals surface area contributed by atoms with E-state index >= 15 is 0 Å². The van der Waals surface area contributed by atoms with Crippen LogP contribution in [0.2, 0.25) is 0 Å². The predicted molar refractivity (Wildman–Crippen MR) is 66.6 cm³/mol. The molecule has 0 radical (unpaired) electrons. The van der Waals surface area contributed by atoms with Gasteiger partial charge in [0, 0.05) is 0 Å². The summed E-state index contributed by atoms with van der Waals surface area (Å²) in [5, 5.41) is 0. The van der Waals surface area contributed by atoms with E-state index in [-0.39, 0.29) is 0 Å². The second-order valence-corrected chi connectivity index (χ2v) is 5.29. The standard InChI is InChI=1S/C15H22/c1-10(2)15-12(4)11(3)8-9-14(15)13-6-5-7-13/h8-10,13H,5-7H2,1-4H3. The van der Waals surface area contributed by atoms with Crippen molar-refractivity contribution in [1.82, 2.24) is 0 Å². The molecular weight excluding hydrogens is 180 g/mol. The highest BCUT2D eigenvalue weighted by Gasteiger charge is 2.24. The summed E-state index contributed by atoms with van der Waals surface area (Å²) in [6.45, 7) is 9.16. The maximum Gasteiger partial charge on any atom is -0.0159 e. The molecule has 1 aliphatic rings. The molecule has 15 heavy (non-hydrogen) atoms. The number of hydrogen-bond acceptors (Lipinski definition) is 0. The number of aryl methyl sites for hydroxylation is 1. The fourth-order valence-corrected chi connectivity index (χ4v) is 2.70. The molecule has 0 heteroatoms. The number of hydrogen-bond donors (Lipinski definition) is 0. The van der Waals surface area contributed by atoms with Crippen molar-refractivity contribution >= 4 is 0 Å². The van der Waals surface area contributed by atoms with Crippen LogP contribution in [0.15, 0.2) is 12.1 Å². The molecule has 0 spiro atoms. The van der Waals surface area contributed by atoms with E-state index in [2.05, 4.69) is 39.8 Å². The smallest absolute Gasteiger partial charge is 0.0159 e. The van der Waals surface area contributed by atoms with Crippen LogP contribution >= 0.6 is 0 Å². The van der Waals surface area contributed by atoms with E-state index in [1.165, 1.54) is 30.4 Å². The van der Waals surface area contributed by atoms with Crippen molar-refractivity contribution in [3.05, 3.63) is 34.4 Å². The summed E-state index contributed by atoms with van der Waals surface area (Å²) < 4.78 is 0. The highest BCUT2D eigenvalue weighted by molar-refractivity contribution is 5.43. The van der Waals surface area contributed by atoms with Crippen molar-refractivity contribution in [2.24, 2.45) is 0 Å². The van der Waals surface area contributed by atoms with Crippen LogP contribution in [0.5, 0.6) is 0 Å². The molecule has 1 saturated carbocycles. The van der Waals surface area contributed by atoms with Gasteiger partial charge >= 0.3 is 0 Å². The third-order valence-electron chi connectivity index (χ3n) is 3.94. The van der Waals surface area contributed by atoms with E-state index < -0.39 is 0 Å². The largest absolute Gasteiger partial charge is 0.0588 e. The fraction of sp³-hybridized carbons (Fsp3) is 0.600. The maximum atomic E-state index is 2.38. The van der Waals surface area contributed by atoms with Gasteiger partial charge in [0.15, 0.2) is 0 Å². The zero-order valence-electron chi connectivity index (χ0n) is 10.4. The Hall–Kier alpha value is -0.780. The van der Waals surface area contributed by atoms with E-state index in [1.54, 1.807) is 11.1 Å².